The molecule has 1 aliphatic rings. The summed E-state index contributed by atoms with van der Waals surface area (Å²) in [5.74, 6) is -3.62. The van der Waals surface area contributed by atoms with Gasteiger partial charge in [-0.15, -0.1) is 0 Å². The first-order valence-electron chi connectivity index (χ1n) is 8.60. The highest BCUT2D eigenvalue weighted by Crippen LogP contribution is 2.54. The van der Waals surface area contributed by atoms with Crippen molar-refractivity contribution in [2.24, 2.45) is 0 Å². The first kappa shape index (κ1) is 20.3. The zero-order chi connectivity index (χ0) is 20.6. The van der Waals surface area contributed by atoms with E-state index in [-0.39, 0.29) is 11.3 Å². The Kier molecular flexibility index (Phi) is 5.18. The lowest BCUT2D eigenvalue weighted by Crippen LogP contribution is -2.56. The molecule has 0 heterocycles. The summed E-state index contributed by atoms with van der Waals surface area (Å²) in [5, 5.41) is 12.3. The number of alkyl halides is 5. The van der Waals surface area contributed by atoms with Gasteiger partial charge in [0, 0.05) is 18.5 Å². The Bertz CT molecular complexity index is 843. The summed E-state index contributed by atoms with van der Waals surface area (Å²) in [6.07, 6.45) is -9.05. The van der Waals surface area contributed by atoms with Gasteiger partial charge >= 0.3 is 6.18 Å². The average molecular weight is 399 g/mol. The number of anilines is 1. The van der Waals surface area contributed by atoms with Crippen molar-refractivity contribution in [1.29, 1.82) is 0 Å². The molecule has 1 aliphatic carbocycles. The Labute approximate surface area is 158 Å². The van der Waals surface area contributed by atoms with Crippen molar-refractivity contribution in [2.75, 3.05) is 5.32 Å². The first-order chi connectivity index (χ1) is 13.0. The first-order valence-corrected chi connectivity index (χ1v) is 8.60. The van der Waals surface area contributed by atoms with Crippen LogP contribution in [0, 0.1) is 0 Å². The minimum absolute atomic E-state index is 0.0252. The normalized spacial score (nSPS) is 18.8. The Hall–Kier alpha value is -2.48. The van der Waals surface area contributed by atoms with Crippen LogP contribution in [-0.2, 0) is 10.2 Å². The fourth-order valence-electron chi connectivity index (χ4n) is 3.50. The van der Waals surface area contributed by atoms with Crippen LogP contribution in [0.5, 0.6) is 0 Å². The molecule has 8 heteroatoms. The van der Waals surface area contributed by atoms with E-state index in [4.69, 9.17) is 0 Å². The van der Waals surface area contributed by atoms with Crippen LogP contribution in [0.4, 0.5) is 27.6 Å². The third kappa shape index (κ3) is 4.32. The highest BCUT2D eigenvalue weighted by Gasteiger charge is 2.61. The van der Waals surface area contributed by atoms with E-state index in [0.717, 1.165) is 0 Å². The van der Waals surface area contributed by atoms with E-state index in [1.165, 1.54) is 24.3 Å². The van der Waals surface area contributed by atoms with Crippen molar-refractivity contribution >= 4 is 11.6 Å². The molecule has 0 aliphatic heterocycles. The molecule has 1 saturated carbocycles. The van der Waals surface area contributed by atoms with E-state index in [1.807, 2.05) is 0 Å². The summed E-state index contributed by atoms with van der Waals surface area (Å²) < 4.78 is 64.7. The largest absolute Gasteiger partial charge is 0.391 e. The van der Waals surface area contributed by atoms with Gasteiger partial charge in [0.25, 0.3) is 5.92 Å². The number of rotatable bonds is 5. The quantitative estimate of drug-likeness (QED) is 0.697. The average Bonchev–Trinajstić information content (AvgIpc) is 2.58. The molecular formula is C20H18F5NO2. The molecule has 3 rings (SSSR count). The van der Waals surface area contributed by atoms with E-state index in [9.17, 15) is 31.9 Å². The fourth-order valence-corrected chi connectivity index (χ4v) is 3.50. The molecule has 1 atom stereocenters. The maximum atomic E-state index is 13.6. The van der Waals surface area contributed by atoms with Crippen molar-refractivity contribution in [3.63, 3.8) is 0 Å². The number of halogens is 5. The summed E-state index contributed by atoms with van der Waals surface area (Å²) in [4.78, 5) is 12.8. The van der Waals surface area contributed by atoms with Crippen LogP contribution < -0.4 is 5.32 Å². The lowest BCUT2D eigenvalue weighted by molar-refractivity contribution is -0.154. The standard InChI is InChI=1S/C20H18F5NO2/c21-19(22)11-18(12-19,14-6-2-1-3-7-14)17(28)26-15-8-4-5-13(9-15)16(27)10-20(23,24)25/h1-9,16,27H,10-12H2,(H,26,28). The molecule has 0 spiro atoms. The second-order valence-corrected chi connectivity index (χ2v) is 7.07. The van der Waals surface area contributed by atoms with Gasteiger partial charge in [0.05, 0.1) is 17.9 Å². The van der Waals surface area contributed by atoms with E-state index in [0.29, 0.717) is 5.56 Å². The summed E-state index contributed by atoms with van der Waals surface area (Å²) >= 11 is 0. The number of aliphatic hydroxyl groups excluding tert-OH is 1. The summed E-state index contributed by atoms with van der Waals surface area (Å²) in [6.45, 7) is 0. The summed E-state index contributed by atoms with van der Waals surface area (Å²) in [6, 6.07) is 13.5. The number of benzene rings is 2. The molecule has 2 N–H and O–H groups in total. The second-order valence-electron chi connectivity index (χ2n) is 7.07. The predicted octanol–water partition coefficient (Wildman–Crippen LogP) is 4.98. The van der Waals surface area contributed by atoms with Gasteiger partial charge in [-0.3, -0.25) is 4.79 Å². The molecule has 0 bridgehead atoms. The highest BCUT2D eigenvalue weighted by atomic mass is 19.4. The monoisotopic (exact) mass is 399 g/mol. The molecule has 0 aromatic heterocycles. The molecule has 0 saturated heterocycles. The van der Waals surface area contributed by atoms with Gasteiger partial charge in [-0.05, 0) is 23.3 Å². The van der Waals surface area contributed by atoms with Gasteiger partial charge in [-0.25, -0.2) is 8.78 Å². The van der Waals surface area contributed by atoms with Gasteiger partial charge in [0.1, 0.15) is 0 Å². The van der Waals surface area contributed by atoms with Gasteiger partial charge in [0.15, 0.2) is 0 Å². The van der Waals surface area contributed by atoms with Crippen LogP contribution in [0.1, 0.15) is 36.5 Å². The smallest absolute Gasteiger partial charge is 0.388 e. The molecule has 1 unspecified atom stereocenters. The zero-order valence-electron chi connectivity index (χ0n) is 14.6. The third-order valence-corrected chi connectivity index (χ3v) is 4.84. The Morgan fingerprint density at radius 2 is 1.71 bits per heavy atom. The molecule has 0 radical (unpaired) electrons. The summed E-state index contributed by atoms with van der Waals surface area (Å²) in [7, 11) is 0. The van der Waals surface area contributed by atoms with Crippen molar-refractivity contribution in [1.82, 2.24) is 0 Å². The molecule has 3 nitrogen and oxygen atoms in total. The van der Waals surface area contributed by atoms with Gasteiger partial charge < -0.3 is 10.4 Å². The number of carbonyl (C=O) groups is 1. The van der Waals surface area contributed by atoms with Crippen molar-refractivity contribution in [2.45, 2.75) is 42.9 Å². The van der Waals surface area contributed by atoms with Gasteiger partial charge in [-0.1, -0.05) is 42.5 Å². The zero-order valence-corrected chi connectivity index (χ0v) is 14.6. The minimum Gasteiger partial charge on any atom is -0.388 e. The van der Waals surface area contributed by atoms with Gasteiger partial charge in [-0.2, -0.15) is 13.2 Å². The van der Waals surface area contributed by atoms with Crippen LogP contribution in [0.2, 0.25) is 0 Å². The molecule has 150 valence electrons. The van der Waals surface area contributed by atoms with Crippen molar-refractivity contribution in [3.05, 3.63) is 65.7 Å². The van der Waals surface area contributed by atoms with Crippen LogP contribution >= 0.6 is 0 Å². The van der Waals surface area contributed by atoms with Crippen LogP contribution in [0.15, 0.2) is 54.6 Å². The number of carbonyl (C=O) groups excluding carboxylic acids is 1. The molecular weight excluding hydrogens is 381 g/mol. The van der Waals surface area contributed by atoms with Crippen LogP contribution in [-0.4, -0.2) is 23.1 Å². The lowest BCUT2D eigenvalue weighted by Gasteiger charge is -2.46. The maximum absolute atomic E-state index is 13.6. The van der Waals surface area contributed by atoms with Crippen molar-refractivity contribution < 1.29 is 31.9 Å². The highest BCUT2D eigenvalue weighted by molar-refractivity contribution is 6.00. The second kappa shape index (κ2) is 7.16. The molecule has 1 fully saturated rings. The fraction of sp³-hybridized carbons (Fsp3) is 0.350. The number of amides is 1. The molecule has 2 aromatic rings. The number of nitrogens with one attached hydrogen (secondary N) is 1. The third-order valence-electron chi connectivity index (χ3n) is 4.84. The number of aliphatic hydroxyl groups is 1. The maximum Gasteiger partial charge on any atom is 0.391 e. The summed E-state index contributed by atoms with van der Waals surface area (Å²) in [5.41, 5.74) is -0.852. The molecule has 28 heavy (non-hydrogen) atoms. The Morgan fingerprint density at radius 3 is 2.29 bits per heavy atom. The molecule has 2 aromatic carbocycles. The number of hydrogen-bond acceptors (Lipinski definition) is 2. The topological polar surface area (TPSA) is 49.3 Å². The van der Waals surface area contributed by atoms with Gasteiger partial charge in [0.2, 0.25) is 5.91 Å². The van der Waals surface area contributed by atoms with Crippen LogP contribution in [0.25, 0.3) is 0 Å². The Balaban J connectivity index is 1.81. The van der Waals surface area contributed by atoms with E-state index in [1.54, 1.807) is 30.3 Å². The predicted molar refractivity (Wildman–Crippen MR) is 93.0 cm³/mol. The SMILES string of the molecule is O=C(Nc1cccc(C(O)CC(F)(F)F)c1)C1(c2ccccc2)CC(F)(F)C1. The minimum atomic E-state index is -4.55. The van der Waals surface area contributed by atoms with Crippen LogP contribution in [0.3, 0.4) is 0 Å². The van der Waals surface area contributed by atoms with E-state index < -0.39 is 48.8 Å². The Morgan fingerprint density at radius 1 is 1.07 bits per heavy atom. The van der Waals surface area contributed by atoms with E-state index >= 15 is 0 Å². The number of hydrogen-bond donors (Lipinski definition) is 2. The van der Waals surface area contributed by atoms with E-state index in [2.05, 4.69) is 5.32 Å². The molecule has 1 amide bonds. The van der Waals surface area contributed by atoms with Crippen molar-refractivity contribution in [3.8, 4) is 0 Å². The lowest BCUT2D eigenvalue weighted by atomic mass is 9.61.